The number of halogens is 1. The molecule has 7 nitrogen and oxygen atoms in total. The summed E-state index contributed by atoms with van der Waals surface area (Å²) in [6.45, 7) is 3.75. The first-order valence-electron chi connectivity index (χ1n) is 7.80. The molecule has 2 aliphatic heterocycles. The summed E-state index contributed by atoms with van der Waals surface area (Å²) in [5, 5.41) is 9.35. The fourth-order valence-electron chi connectivity index (χ4n) is 2.91. The lowest BCUT2D eigenvalue weighted by Gasteiger charge is -2.38. The van der Waals surface area contributed by atoms with Crippen molar-refractivity contribution in [3.8, 4) is 6.07 Å². The molecule has 0 amide bonds. The molecule has 9 heteroatoms. The Bertz CT molecular complexity index is 736. The van der Waals surface area contributed by atoms with Crippen LogP contribution < -0.4 is 4.90 Å². The highest BCUT2D eigenvalue weighted by molar-refractivity contribution is 7.86. The van der Waals surface area contributed by atoms with E-state index < -0.39 is 10.2 Å². The Kier molecular flexibility index (Phi) is 5.27. The van der Waals surface area contributed by atoms with Crippen LogP contribution in [0.2, 0.25) is 5.02 Å². The number of benzene rings is 1. The van der Waals surface area contributed by atoms with Crippen molar-refractivity contribution < 1.29 is 13.2 Å². The van der Waals surface area contributed by atoms with Crippen molar-refractivity contribution in [1.82, 2.24) is 8.61 Å². The first-order chi connectivity index (χ1) is 11.5. The molecule has 1 aromatic carbocycles. The van der Waals surface area contributed by atoms with Gasteiger partial charge < -0.3 is 9.64 Å². The zero-order chi connectivity index (χ0) is 17.2. The average molecular weight is 371 g/mol. The third-order valence-electron chi connectivity index (χ3n) is 4.30. The van der Waals surface area contributed by atoms with Gasteiger partial charge in [0.25, 0.3) is 10.2 Å². The number of morpholine rings is 1. The molecular weight excluding hydrogens is 352 g/mol. The number of hydrogen-bond acceptors (Lipinski definition) is 5. The maximum Gasteiger partial charge on any atom is 0.282 e. The fourth-order valence-corrected chi connectivity index (χ4v) is 4.69. The third-order valence-corrected chi connectivity index (χ3v) is 6.65. The average Bonchev–Trinajstić information content (AvgIpc) is 2.62. The molecule has 1 aromatic rings. The van der Waals surface area contributed by atoms with Crippen molar-refractivity contribution in [3.63, 3.8) is 0 Å². The van der Waals surface area contributed by atoms with Crippen LogP contribution in [-0.2, 0) is 14.9 Å². The van der Waals surface area contributed by atoms with Crippen LogP contribution in [0.4, 0.5) is 5.69 Å². The van der Waals surface area contributed by atoms with Crippen LogP contribution in [0.5, 0.6) is 0 Å². The van der Waals surface area contributed by atoms with Gasteiger partial charge in [-0.2, -0.15) is 22.3 Å². The molecule has 2 saturated heterocycles. The second kappa shape index (κ2) is 7.25. The monoisotopic (exact) mass is 370 g/mol. The zero-order valence-corrected chi connectivity index (χ0v) is 14.8. The Labute approximate surface area is 147 Å². The highest BCUT2D eigenvalue weighted by Gasteiger charge is 2.33. The van der Waals surface area contributed by atoms with Crippen LogP contribution in [0, 0.1) is 11.3 Å². The lowest BCUT2D eigenvalue weighted by molar-refractivity contribution is 0.0700. The summed E-state index contributed by atoms with van der Waals surface area (Å²) in [5.41, 5.74) is 1.34. The van der Waals surface area contributed by atoms with Gasteiger partial charge in [0.1, 0.15) is 6.07 Å². The predicted octanol–water partition coefficient (Wildman–Crippen LogP) is 0.911. The van der Waals surface area contributed by atoms with Crippen molar-refractivity contribution >= 4 is 27.5 Å². The molecule has 2 fully saturated rings. The molecule has 2 heterocycles. The SMILES string of the molecule is N#Cc1ccc(N2CCN(S(=O)(=O)N3CCOCC3)CC2)cc1Cl. The topological polar surface area (TPSA) is 76.9 Å². The number of rotatable bonds is 3. The highest BCUT2D eigenvalue weighted by atomic mass is 35.5. The first-order valence-corrected chi connectivity index (χ1v) is 9.57. The molecule has 0 radical (unpaired) electrons. The summed E-state index contributed by atoms with van der Waals surface area (Å²) in [7, 11) is -3.42. The molecular formula is C15H19ClN4O3S. The van der Waals surface area contributed by atoms with Gasteiger partial charge in [-0.1, -0.05) is 11.6 Å². The smallest absolute Gasteiger partial charge is 0.282 e. The molecule has 0 aliphatic carbocycles. The van der Waals surface area contributed by atoms with Crippen molar-refractivity contribution in [2.24, 2.45) is 0 Å². The second-order valence-corrected chi connectivity index (χ2v) is 8.02. The Hall–Kier alpha value is -1.37. The van der Waals surface area contributed by atoms with E-state index in [1.807, 2.05) is 12.1 Å². The summed E-state index contributed by atoms with van der Waals surface area (Å²) >= 11 is 6.08. The van der Waals surface area contributed by atoms with E-state index in [2.05, 4.69) is 4.90 Å². The molecule has 2 aliphatic rings. The summed E-state index contributed by atoms with van der Waals surface area (Å²) < 4.78 is 33.5. The minimum Gasteiger partial charge on any atom is -0.379 e. The van der Waals surface area contributed by atoms with E-state index in [9.17, 15) is 8.42 Å². The number of piperazine rings is 1. The molecule has 0 bridgehead atoms. The van der Waals surface area contributed by atoms with Gasteiger partial charge in [-0.05, 0) is 18.2 Å². The van der Waals surface area contributed by atoms with Gasteiger partial charge in [-0.3, -0.25) is 0 Å². The maximum atomic E-state index is 12.6. The second-order valence-electron chi connectivity index (χ2n) is 5.68. The molecule has 24 heavy (non-hydrogen) atoms. The summed E-state index contributed by atoms with van der Waals surface area (Å²) in [5.74, 6) is 0. The van der Waals surface area contributed by atoms with E-state index in [0.29, 0.717) is 63.1 Å². The van der Waals surface area contributed by atoms with E-state index in [4.69, 9.17) is 21.6 Å². The molecule has 0 spiro atoms. The largest absolute Gasteiger partial charge is 0.379 e. The summed E-state index contributed by atoms with van der Waals surface area (Å²) in [6, 6.07) is 7.32. The first kappa shape index (κ1) is 17.5. The van der Waals surface area contributed by atoms with Crippen LogP contribution in [0.25, 0.3) is 0 Å². The van der Waals surface area contributed by atoms with Crippen molar-refractivity contribution in [2.45, 2.75) is 0 Å². The maximum absolute atomic E-state index is 12.6. The lowest BCUT2D eigenvalue weighted by Crippen LogP contribution is -2.55. The van der Waals surface area contributed by atoms with E-state index in [-0.39, 0.29) is 0 Å². The number of hydrogen-bond donors (Lipinski definition) is 0. The van der Waals surface area contributed by atoms with Crippen LogP contribution >= 0.6 is 11.6 Å². The van der Waals surface area contributed by atoms with E-state index in [1.165, 1.54) is 8.61 Å². The fraction of sp³-hybridized carbons (Fsp3) is 0.533. The Morgan fingerprint density at radius 1 is 1.04 bits per heavy atom. The van der Waals surface area contributed by atoms with Crippen molar-refractivity contribution in [1.29, 1.82) is 5.26 Å². The molecule has 0 atom stereocenters. The van der Waals surface area contributed by atoms with E-state index in [0.717, 1.165) is 5.69 Å². The van der Waals surface area contributed by atoms with Crippen LogP contribution in [0.3, 0.4) is 0 Å². The van der Waals surface area contributed by atoms with Gasteiger partial charge in [-0.15, -0.1) is 0 Å². The molecule has 0 unspecified atom stereocenters. The zero-order valence-electron chi connectivity index (χ0n) is 13.2. The number of ether oxygens (including phenoxy) is 1. The minimum atomic E-state index is -3.42. The summed E-state index contributed by atoms with van der Waals surface area (Å²) in [4.78, 5) is 2.08. The van der Waals surface area contributed by atoms with E-state index in [1.54, 1.807) is 12.1 Å². The van der Waals surface area contributed by atoms with Gasteiger partial charge in [0.15, 0.2) is 0 Å². The molecule has 0 aromatic heterocycles. The Morgan fingerprint density at radius 3 is 2.25 bits per heavy atom. The Balaban J connectivity index is 1.65. The molecule has 0 saturated carbocycles. The van der Waals surface area contributed by atoms with Crippen LogP contribution in [-0.4, -0.2) is 69.5 Å². The lowest BCUT2D eigenvalue weighted by atomic mass is 10.2. The van der Waals surface area contributed by atoms with Crippen LogP contribution in [0.1, 0.15) is 5.56 Å². The summed E-state index contributed by atoms with van der Waals surface area (Å²) in [6.07, 6.45) is 0. The quantitative estimate of drug-likeness (QED) is 0.790. The molecule has 3 rings (SSSR count). The number of anilines is 1. The molecule has 130 valence electrons. The standard InChI is InChI=1S/C15H19ClN4O3S/c16-15-11-14(2-1-13(15)12-17)18-3-5-19(6-4-18)24(21,22)20-7-9-23-10-8-20/h1-2,11H,3-10H2. The highest BCUT2D eigenvalue weighted by Crippen LogP contribution is 2.25. The van der Waals surface area contributed by atoms with Crippen LogP contribution in [0.15, 0.2) is 18.2 Å². The van der Waals surface area contributed by atoms with Gasteiger partial charge in [0, 0.05) is 45.0 Å². The Morgan fingerprint density at radius 2 is 1.67 bits per heavy atom. The molecule has 0 N–H and O–H groups in total. The van der Waals surface area contributed by atoms with Gasteiger partial charge >= 0.3 is 0 Å². The van der Waals surface area contributed by atoms with Gasteiger partial charge in [-0.25, -0.2) is 0 Å². The van der Waals surface area contributed by atoms with Gasteiger partial charge in [0.2, 0.25) is 0 Å². The predicted molar refractivity (Wildman–Crippen MR) is 91.3 cm³/mol. The number of nitrogens with zero attached hydrogens (tertiary/aromatic N) is 4. The normalized spacial score (nSPS) is 20.8. The van der Waals surface area contributed by atoms with Crippen molar-refractivity contribution in [3.05, 3.63) is 28.8 Å². The minimum absolute atomic E-state index is 0.410. The third kappa shape index (κ3) is 3.50. The van der Waals surface area contributed by atoms with Gasteiger partial charge in [0.05, 0.1) is 23.8 Å². The van der Waals surface area contributed by atoms with Crippen molar-refractivity contribution in [2.75, 3.05) is 57.4 Å². The number of nitriles is 1. The van der Waals surface area contributed by atoms with E-state index >= 15 is 0 Å².